The van der Waals surface area contributed by atoms with E-state index in [1.807, 2.05) is 12.1 Å². The Labute approximate surface area is 201 Å². The molecule has 0 spiro atoms. The Morgan fingerprint density at radius 1 is 1.00 bits per heavy atom. The zero-order chi connectivity index (χ0) is 24.8. The number of para-hydroxylation sites is 1. The Kier molecular flexibility index (Phi) is 7.06. The van der Waals surface area contributed by atoms with Crippen molar-refractivity contribution in [2.24, 2.45) is 0 Å². The molecule has 0 saturated carbocycles. The van der Waals surface area contributed by atoms with E-state index in [0.29, 0.717) is 28.7 Å². The first kappa shape index (κ1) is 23.9. The van der Waals surface area contributed by atoms with Crippen LogP contribution in [-0.2, 0) is 21.2 Å². The number of aromatic nitrogens is 2. The maximum absolute atomic E-state index is 13.0. The lowest BCUT2D eigenvalue weighted by Crippen LogP contribution is -2.14. The molecule has 11 heteroatoms. The highest BCUT2D eigenvalue weighted by Gasteiger charge is 2.16. The van der Waals surface area contributed by atoms with Gasteiger partial charge in [-0.25, -0.2) is 12.8 Å². The molecular weight excluding hydrogens is 475 g/mol. The summed E-state index contributed by atoms with van der Waals surface area (Å²) >= 11 is 0. The van der Waals surface area contributed by atoms with Gasteiger partial charge in [0.2, 0.25) is 17.6 Å². The molecule has 0 bridgehead atoms. The molecule has 9 nitrogen and oxygen atoms in total. The molecule has 4 rings (SSSR count). The quantitative estimate of drug-likeness (QED) is 0.355. The molecular formula is C24H21FN4O5S. The predicted octanol–water partition coefficient (Wildman–Crippen LogP) is 4.26. The highest BCUT2D eigenvalue weighted by Crippen LogP contribution is 2.27. The topological polar surface area (TPSA) is 123 Å². The minimum atomic E-state index is -3.87. The minimum absolute atomic E-state index is 0.00504. The second-order valence-corrected chi connectivity index (χ2v) is 9.08. The molecule has 0 saturated heterocycles. The van der Waals surface area contributed by atoms with Crippen molar-refractivity contribution in [2.45, 2.75) is 17.7 Å². The number of hydrogen-bond acceptors (Lipinski definition) is 7. The molecule has 180 valence electrons. The average Bonchev–Trinajstić information content (AvgIpc) is 3.33. The number of anilines is 2. The van der Waals surface area contributed by atoms with Crippen LogP contribution in [0, 0.1) is 5.82 Å². The van der Waals surface area contributed by atoms with Crippen molar-refractivity contribution >= 4 is 27.3 Å². The van der Waals surface area contributed by atoms with Crippen LogP contribution < -0.4 is 14.8 Å². The second kappa shape index (κ2) is 10.3. The normalized spacial score (nSPS) is 11.1. The van der Waals surface area contributed by atoms with Crippen molar-refractivity contribution < 1.29 is 26.9 Å². The number of hydrogen-bond donors (Lipinski definition) is 2. The van der Waals surface area contributed by atoms with Crippen molar-refractivity contribution in [3.63, 3.8) is 0 Å². The van der Waals surface area contributed by atoms with Crippen molar-refractivity contribution in [3.05, 3.63) is 84.5 Å². The Morgan fingerprint density at radius 2 is 1.69 bits per heavy atom. The molecule has 0 atom stereocenters. The fraction of sp³-hybridized carbons (Fsp3) is 0.125. The molecule has 0 aliphatic rings. The monoisotopic (exact) mass is 496 g/mol. The first-order valence-corrected chi connectivity index (χ1v) is 12.0. The fourth-order valence-corrected chi connectivity index (χ4v) is 4.25. The Bertz CT molecular complexity index is 1420. The largest absolute Gasteiger partial charge is 0.496 e. The summed E-state index contributed by atoms with van der Waals surface area (Å²) in [5.41, 5.74) is 1.34. The number of amides is 1. The van der Waals surface area contributed by atoms with Gasteiger partial charge >= 0.3 is 0 Å². The molecule has 0 aliphatic heterocycles. The number of ether oxygens (including phenoxy) is 1. The summed E-state index contributed by atoms with van der Waals surface area (Å²) in [5.74, 6) is 0.500. The van der Waals surface area contributed by atoms with Gasteiger partial charge in [0.25, 0.3) is 10.0 Å². The van der Waals surface area contributed by atoms with Gasteiger partial charge in [0.05, 0.1) is 17.6 Å². The molecule has 0 aliphatic carbocycles. The summed E-state index contributed by atoms with van der Waals surface area (Å²) in [6.45, 7) is 0. The highest BCUT2D eigenvalue weighted by atomic mass is 32.2. The molecule has 1 aromatic heterocycles. The van der Waals surface area contributed by atoms with E-state index < -0.39 is 15.8 Å². The van der Waals surface area contributed by atoms with Crippen molar-refractivity contribution in [1.29, 1.82) is 0 Å². The first-order valence-electron chi connectivity index (χ1n) is 10.5. The van der Waals surface area contributed by atoms with Crippen LogP contribution in [0.3, 0.4) is 0 Å². The zero-order valence-corrected chi connectivity index (χ0v) is 19.4. The number of carbonyl (C=O) groups excluding carboxylic acids is 1. The van der Waals surface area contributed by atoms with Gasteiger partial charge in [0.1, 0.15) is 11.6 Å². The van der Waals surface area contributed by atoms with Crippen molar-refractivity contribution in [1.82, 2.24) is 10.1 Å². The number of halogens is 1. The van der Waals surface area contributed by atoms with Gasteiger partial charge in [-0.3, -0.25) is 9.52 Å². The van der Waals surface area contributed by atoms with E-state index >= 15 is 0 Å². The van der Waals surface area contributed by atoms with Gasteiger partial charge in [-0.2, -0.15) is 4.98 Å². The smallest absolute Gasteiger partial charge is 0.261 e. The van der Waals surface area contributed by atoms with Crippen LogP contribution in [0.25, 0.3) is 11.4 Å². The van der Waals surface area contributed by atoms with Gasteiger partial charge in [-0.1, -0.05) is 17.3 Å². The van der Waals surface area contributed by atoms with Gasteiger partial charge < -0.3 is 14.6 Å². The molecule has 1 amide bonds. The second-order valence-electron chi connectivity index (χ2n) is 7.40. The fourth-order valence-electron chi connectivity index (χ4n) is 3.19. The lowest BCUT2D eigenvalue weighted by molar-refractivity contribution is -0.116. The molecule has 0 radical (unpaired) electrons. The van der Waals surface area contributed by atoms with E-state index in [1.54, 1.807) is 19.2 Å². The summed E-state index contributed by atoms with van der Waals surface area (Å²) < 4.78 is 50.9. The van der Waals surface area contributed by atoms with Crippen LogP contribution >= 0.6 is 0 Å². The minimum Gasteiger partial charge on any atom is -0.496 e. The number of carbonyl (C=O) groups is 1. The summed E-state index contributed by atoms with van der Waals surface area (Å²) in [7, 11) is -2.32. The molecule has 0 unspecified atom stereocenters. The van der Waals surface area contributed by atoms with E-state index in [2.05, 4.69) is 20.2 Å². The number of nitrogens with one attached hydrogen (secondary N) is 2. The maximum atomic E-state index is 13.0. The van der Waals surface area contributed by atoms with Gasteiger partial charge in [0, 0.05) is 24.2 Å². The van der Waals surface area contributed by atoms with Crippen molar-refractivity contribution in [3.8, 4) is 17.1 Å². The third-order valence-electron chi connectivity index (χ3n) is 4.93. The zero-order valence-electron chi connectivity index (χ0n) is 18.6. The molecule has 0 fully saturated rings. The van der Waals surface area contributed by atoms with Crippen LogP contribution in [0.15, 0.2) is 82.2 Å². The summed E-state index contributed by atoms with van der Waals surface area (Å²) in [6.07, 6.45) is 0.307. The van der Waals surface area contributed by atoms with Gasteiger partial charge in [-0.05, 0) is 60.7 Å². The predicted molar refractivity (Wildman–Crippen MR) is 127 cm³/mol. The lowest BCUT2D eigenvalue weighted by Gasteiger charge is -2.09. The molecule has 2 N–H and O–H groups in total. The van der Waals surface area contributed by atoms with Crippen molar-refractivity contribution in [2.75, 3.05) is 17.1 Å². The molecule has 35 heavy (non-hydrogen) atoms. The number of aryl methyl sites for hydroxylation is 1. The number of sulfonamides is 1. The lowest BCUT2D eigenvalue weighted by atomic mass is 10.2. The maximum Gasteiger partial charge on any atom is 0.261 e. The molecule has 1 heterocycles. The Morgan fingerprint density at radius 3 is 2.40 bits per heavy atom. The van der Waals surface area contributed by atoms with Crippen LogP contribution in [-0.4, -0.2) is 31.6 Å². The molecule has 3 aromatic carbocycles. The van der Waals surface area contributed by atoms with Crippen LogP contribution in [0.2, 0.25) is 0 Å². The number of rotatable bonds is 9. The van der Waals surface area contributed by atoms with Gasteiger partial charge in [0.15, 0.2) is 0 Å². The third kappa shape index (κ3) is 6.01. The summed E-state index contributed by atoms with van der Waals surface area (Å²) in [4.78, 5) is 16.6. The van der Waals surface area contributed by atoms with E-state index in [1.165, 1.54) is 36.4 Å². The van der Waals surface area contributed by atoms with Crippen LogP contribution in [0.1, 0.15) is 12.3 Å². The Balaban J connectivity index is 1.33. The number of nitrogens with zero attached hydrogens (tertiary/aromatic N) is 2. The Hall–Kier alpha value is -4.25. The van der Waals surface area contributed by atoms with Crippen LogP contribution in [0.4, 0.5) is 15.8 Å². The summed E-state index contributed by atoms with van der Waals surface area (Å²) in [5, 5.41) is 6.64. The van der Waals surface area contributed by atoms with E-state index in [9.17, 15) is 17.6 Å². The average molecular weight is 497 g/mol. The number of methoxy groups -OCH3 is 1. The van der Waals surface area contributed by atoms with Gasteiger partial charge in [-0.15, -0.1) is 0 Å². The third-order valence-corrected chi connectivity index (χ3v) is 6.32. The first-order chi connectivity index (χ1) is 16.8. The van der Waals surface area contributed by atoms with Crippen LogP contribution in [0.5, 0.6) is 5.75 Å². The van der Waals surface area contributed by atoms with E-state index in [-0.39, 0.29) is 29.3 Å². The summed E-state index contributed by atoms with van der Waals surface area (Å²) in [6, 6.07) is 17.9. The van der Waals surface area contributed by atoms with E-state index in [4.69, 9.17) is 9.26 Å². The molecule has 4 aromatic rings. The SMILES string of the molecule is COc1ccccc1-c1noc(CCC(=O)Nc2ccc(S(=O)(=O)Nc3ccc(F)cc3)cc2)n1. The highest BCUT2D eigenvalue weighted by molar-refractivity contribution is 7.92. The van der Waals surface area contributed by atoms with E-state index in [0.717, 1.165) is 12.1 Å². The number of benzene rings is 3. The standard InChI is InChI=1S/C24H21FN4O5S/c1-33-21-5-3-2-4-20(21)24-27-23(34-28-24)15-14-22(30)26-17-10-12-19(13-11-17)35(31,32)29-18-8-6-16(25)7-9-18/h2-13,29H,14-15H2,1H3,(H,26,30).